The highest BCUT2D eigenvalue weighted by molar-refractivity contribution is 5.82. The van der Waals surface area contributed by atoms with Crippen LogP contribution in [0, 0.1) is 0 Å². The van der Waals surface area contributed by atoms with Crippen LogP contribution < -0.4 is 10.6 Å². The fraction of sp³-hybridized carbons (Fsp3) is 0.722. The predicted molar refractivity (Wildman–Crippen MR) is 104 cm³/mol. The average Bonchev–Trinajstić information content (AvgIpc) is 3.42. The zero-order valence-corrected chi connectivity index (χ0v) is 16.9. The quantitative estimate of drug-likeness (QED) is 0.329. The summed E-state index contributed by atoms with van der Waals surface area (Å²) in [5.41, 5.74) is 0.997. The Morgan fingerprint density at radius 1 is 1.27 bits per heavy atom. The fourth-order valence-corrected chi connectivity index (χ4v) is 3.60. The molecule has 4 rings (SSSR count). The summed E-state index contributed by atoms with van der Waals surface area (Å²) in [5.74, 6) is 0.574. The topological polar surface area (TPSA) is 156 Å². The number of anilines is 1. The van der Waals surface area contributed by atoms with Crippen molar-refractivity contribution in [3.05, 3.63) is 12.7 Å². The number of hydrogen-bond donors (Lipinski definition) is 5. The van der Waals surface area contributed by atoms with Gasteiger partial charge in [-0.3, -0.25) is 9.88 Å². The number of imidazole rings is 1. The predicted octanol–water partition coefficient (Wildman–Crippen LogP) is -1.06. The first-order chi connectivity index (χ1) is 14.4. The molecule has 6 atom stereocenters. The van der Waals surface area contributed by atoms with Gasteiger partial charge in [0.05, 0.1) is 25.6 Å². The van der Waals surface area contributed by atoms with Crippen molar-refractivity contribution in [3.63, 3.8) is 0 Å². The molecule has 0 aliphatic carbocycles. The summed E-state index contributed by atoms with van der Waals surface area (Å²) >= 11 is 0. The van der Waals surface area contributed by atoms with Crippen LogP contribution >= 0.6 is 0 Å². The number of rotatable bonds is 8. The van der Waals surface area contributed by atoms with E-state index < -0.39 is 31.0 Å². The summed E-state index contributed by atoms with van der Waals surface area (Å²) < 4.78 is 18.0. The van der Waals surface area contributed by atoms with Crippen LogP contribution in [-0.2, 0) is 14.2 Å². The molecule has 12 nitrogen and oxygen atoms in total. The van der Waals surface area contributed by atoms with E-state index >= 15 is 0 Å². The average molecular weight is 424 g/mol. The lowest BCUT2D eigenvalue weighted by Gasteiger charge is -2.20. The first-order valence-corrected chi connectivity index (χ1v) is 10.0. The molecule has 4 heterocycles. The molecule has 0 aromatic carbocycles. The summed E-state index contributed by atoms with van der Waals surface area (Å²) in [4.78, 5) is 12.9. The van der Waals surface area contributed by atoms with Crippen molar-refractivity contribution in [1.82, 2.24) is 24.8 Å². The van der Waals surface area contributed by atoms with E-state index in [4.69, 9.17) is 14.2 Å². The van der Waals surface area contributed by atoms with E-state index in [0.29, 0.717) is 30.2 Å². The highest BCUT2D eigenvalue weighted by Crippen LogP contribution is 2.32. The van der Waals surface area contributed by atoms with E-state index in [-0.39, 0.29) is 18.7 Å². The van der Waals surface area contributed by atoms with Gasteiger partial charge in [0.1, 0.15) is 24.6 Å². The van der Waals surface area contributed by atoms with Gasteiger partial charge in [-0.2, -0.15) is 0 Å². The van der Waals surface area contributed by atoms with Gasteiger partial charge < -0.3 is 34.8 Å². The molecule has 0 amide bonds. The Bertz CT molecular complexity index is 844. The first kappa shape index (κ1) is 21.3. The zero-order valence-electron chi connectivity index (χ0n) is 16.9. The van der Waals surface area contributed by atoms with E-state index in [1.165, 1.54) is 12.7 Å². The Kier molecular flexibility index (Phi) is 6.43. The van der Waals surface area contributed by atoms with Crippen molar-refractivity contribution < 1.29 is 29.5 Å². The van der Waals surface area contributed by atoms with E-state index in [0.717, 1.165) is 6.42 Å². The molecule has 2 saturated heterocycles. The number of nitrogens with zero attached hydrogens (tertiary/aromatic N) is 4. The van der Waals surface area contributed by atoms with Crippen LogP contribution in [0.3, 0.4) is 0 Å². The summed E-state index contributed by atoms with van der Waals surface area (Å²) in [6.45, 7) is 4.92. The van der Waals surface area contributed by atoms with Crippen LogP contribution in [-0.4, -0.2) is 91.5 Å². The number of aliphatic hydroxyl groups excluding tert-OH is 3. The van der Waals surface area contributed by atoms with E-state index in [1.54, 1.807) is 4.57 Å². The van der Waals surface area contributed by atoms with Crippen molar-refractivity contribution in [2.75, 3.05) is 25.1 Å². The van der Waals surface area contributed by atoms with Gasteiger partial charge >= 0.3 is 0 Å². The number of fused-ring (bicyclic) bond motifs is 1. The number of nitrogens with one attached hydrogen (secondary N) is 2. The molecule has 0 radical (unpaired) electrons. The Morgan fingerprint density at radius 3 is 2.83 bits per heavy atom. The lowest BCUT2D eigenvalue weighted by atomic mass is 10.1. The van der Waals surface area contributed by atoms with Crippen molar-refractivity contribution in [3.8, 4) is 0 Å². The van der Waals surface area contributed by atoms with Gasteiger partial charge in [0.15, 0.2) is 23.2 Å². The standard InChI is InChI=1S/C18H28N6O6/c1-9(2)22-18(27)29-6-11-13(25)14(26)17(30-11)24-8-21-12-15(19-7-20-16(12)24)23-10-3-4-28-5-10/h7-11,13-14,17-18,22,25-27H,3-6H2,1-2H3,(H,19,20,23)/t10-,11?,13-,14-,17?,18?/m1/s1. The first-order valence-electron chi connectivity index (χ1n) is 10.0. The summed E-state index contributed by atoms with van der Waals surface area (Å²) in [6, 6.07) is 0.166. The number of aliphatic hydroxyl groups is 3. The summed E-state index contributed by atoms with van der Waals surface area (Å²) in [7, 11) is 0. The normalized spacial score (nSPS) is 30.4. The molecule has 166 valence electrons. The van der Waals surface area contributed by atoms with Crippen molar-refractivity contribution in [2.45, 2.75) is 63.3 Å². The number of aromatic nitrogens is 4. The molecule has 12 heteroatoms. The van der Waals surface area contributed by atoms with Crippen LogP contribution in [0.15, 0.2) is 12.7 Å². The molecular weight excluding hydrogens is 396 g/mol. The molecule has 2 aliphatic rings. The summed E-state index contributed by atoms with van der Waals surface area (Å²) in [5, 5.41) is 36.8. The minimum atomic E-state index is -1.22. The third kappa shape index (κ3) is 4.39. The van der Waals surface area contributed by atoms with Gasteiger partial charge in [-0.1, -0.05) is 0 Å². The highest BCUT2D eigenvalue weighted by atomic mass is 16.6. The Hall–Kier alpha value is -1.93. The molecule has 0 spiro atoms. The van der Waals surface area contributed by atoms with E-state index in [1.807, 2.05) is 13.8 Å². The molecule has 3 unspecified atom stereocenters. The lowest BCUT2D eigenvalue weighted by molar-refractivity contribution is -0.159. The van der Waals surface area contributed by atoms with Crippen LogP contribution in [0.4, 0.5) is 5.82 Å². The van der Waals surface area contributed by atoms with Gasteiger partial charge in [-0.25, -0.2) is 15.0 Å². The van der Waals surface area contributed by atoms with Crippen LogP contribution in [0.1, 0.15) is 26.5 Å². The lowest BCUT2D eigenvalue weighted by Crippen LogP contribution is -2.40. The molecule has 30 heavy (non-hydrogen) atoms. The monoisotopic (exact) mass is 424 g/mol. The Balaban J connectivity index is 1.48. The number of ether oxygens (including phenoxy) is 3. The van der Waals surface area contributed by atoms with Crippen molar-refractivity contribution in [1.29, 1.82) is 0 Å². The van der Waals surface area contributed by atoms with Gasteiger partial charge in [-0.15, -0.1) is 0 Å². The molecule has 2 aromatic rings. The maximum Gasteiger partial charge on any atom is 0.213 e. The van der Waals surface area contributed by atoms with Crippen LogP contribution in [0.2, 0.25) is 0 Å². The second-order valence-electron chi connectivity index (χ2n) is 7.80. The molecule has 2 aliphatic heterocycles. The molecule has 0 saturated carbocycles. The zero-order chi connectivity index (χ0) is 21.3. The van der Waals surface area contributed by atoms with Crippen LogP contribution in [0.5, 0.6) is 0 Å². The third-order valence-electron chi connectivity index (χ3n) is 5.13. The van der Waals surface area contributed by atoms with Crippen molar-refractivity contribution in [2.24, 2.45) is 0 Å². The minimum Gasteiger partial charge on any atom is -0.387 e. The molecular formula is C18H28N6O6. The molecule has 2 fully saturated rings. The van der Waals surface area contributed by atoms with Crippen LogP contribution in [0.25, 0.3) is 11.2 Å². The third-order valence-corrected chi connectivity index (χ3v) is 5.13. The van der Waals surface area contributed by atoms with Crippen molar-refractivity contribution >= 4 is 17.0 Å². The van der Waals surface area contributed by atoms with E-state index in [2.05, 4.69) is 25.6 Å². The number of hydrogen-bond acceptors (Lipinski definition) is 11. The molecule has 5 N–H and O–H groups in total. The maximum atomic E-state index is 10.5. The van der Waals surface area contributed by atoms with Gasteiger partial charge in [0.2, 0.25) is 6.41 Å². The highest BCUT2D eigenvalue weighted by Gasteiger charge is 2.44. The van der Waals surface area contributed by atoms with Gasteiger partial charge in [0, 0.05) is 12.6 Å². The molecule has 0 bridgehead atoms. The second kappa shape index (κ2) is 9.06. The minimum absolute atomic E-state index is 0.0170. The van der Waals surface area contributed by atoms with Gasteiger partial charge in [0.25, 0.3) is 0 Å². The summed E-state index contributed by atoms with van der Waals surface area (Å²) in [6.07, 6.45) is -1.59. The Labute approximate surface area is 173 Å². The smallest absolute Gasteiger partial charge is 0.213 e. The Morgan fingerprint density at radius 2 is 2.10 bits per heavy atom. The maximum absolute atomic E-state index is 10.5. The SMILES string of the molecule is CC(C)NC(O)OCC1OC(n2cnc3c(N[C@@H]4CCOC4)ncnc32)[C@H](O)[C@@H]1O. The largest absolute Gasteiger partial charge is 0.387 e. The molecule has 2 aromatic heterocycles. The van der Waals surface area contributed by atoms with Gasteiger partial charge in [-0.05, 0) is 20.3 Å². The fourth-order valence-electron chi connectivity index (χ4n) is 3.60. The second-order valence-corrected chi connectivity index (χ2v) is 7.80. The van der Waals surface area contributed by atoms with E-state index in [9.17, 15) is 15.3 Å².